The van der Waals surface area contributed by atoms with Crippen molar-refractivity contribution in [2.45, 2.75) is 61.7 Å². The first-order chi connectivity index (χ1) is 14.8. The standard InChI is InChI=1S/C26H33NO3S/c1-25(2,3)30-24(28)11-14-27-15-12-26(13-16-27)19-29-23-17-21(9-10-22(23)26)31-18-20-7-5-4-6-8-20/h4-10,17H,11-16,18-19H2,1-3H3. The third-order valence-electron chi connectivity index (χ3n) is 6.14. The van der Waals surface area contributed by atoms with E-state index in [9.17, 15) is 4.79 Å². The molecular formula is C26H33NO3S. The van der Waals surface area contributed by atoms with E-state index in [0.717, 1.165) is 50.6 Å². The van der Waals surface area contributed by atoms with Crippen LogP contribution in [0, 0.1) is 0 Å². The second-order valence-corrected chi connectivity index (χ2v) is 10.7. The van der Waals surface area contributed by atoms with Gasteiger partial charge in [-0.05, 0) is 64.4 Å². The number of hydrogen-bond donors (Lipinski definition) is 0. The van der Waals surface area contributed by atoms with E-state index in [0.29, 0.717) is 6.42 Å². The van der Waals surface area contributed by atoms with Crippen LogP contribution in [0.3, 0.4) is 0 Å². The molecule has 5 heteroatoms. The fourth-order valence-electron chi connectivity index (χ4n) is 4.44. The van der Waals surface area contributed by atoms with Crippen LogP contribution in [-0.4, -0.2) is 42.7 Å². The molecule has 0 aliphatic carbocycles. The summed E-state index contributed by atoms with van der Waals surface area (Å²) in [5, 5.41) is 0. The molecule has 0 atom stereocenters. The molecule has 1 spiro atoms. The molecule has 2 aliphatic heterocycles. The SMILES string of the molecule is CC(C)(C)OC(=O)CCN1CCC2(CC1)COc1cc(SCc3ccccc3)ccc12. The van der Waals surface area contributed by atoms with Gasteiger partial charge in [-0.15, -0.1) is 11.8 Å². The summed E-state index contributed by atoms with van der Waals surface area (Å²) < 4.78 is 11.6. The van der Waals surface area contributed by atoms with Crippen LogP contribution in [0.25, 0.3) is 0 Å². The van der Waals surface area contributed by atoms with Crippen LogP contribution in [0.4, 0.5) is 0 Å². The van der Waals surface area contributed by atoms with Crippen molar-refractivity contribution in [2.75, 3.05) is 26.2 Å². The lowest BCUT2D eigenvalue weighted by molar-refractivity contribution is -0.155. The average Bonchev–Trinajstić information content (AvgIpc) is 3.09. The van der Waals surface area contributed by atoms with Crippen molar-refractivity contribution in [1.82, 2.24) is 4.90 Å². The molecule has 1 saturated heterocycles. The Morgan fingerprint density at radius 1 is 1.13 bits per heavy atom. The van der Waals surface area contributed by atoms with Gasteiger partial charge in [0.2, 0.25) is 0 Å². The number of carbonyl (C=O) groups excluding carboxylic acids is 1. The predicted molar refractivity (Wildman–Crippen MR) is 126 cm³/mol. The molecule has 0 unspecified atom stereocenters. The van der Waals surface area contributed by atoms with E-state index < -0.39 is 5.60 Å². The highest BCUT2D eigenvalue weighted by atomic mass is 32.2. The third-order valence-corrected chi connectivity index (χ3v) is 7.21. The number of likely N-dealkylation sites (tertiary alicyclic amines) is 1. The van der Waals surface area contributed by atoms with Gasteiger partial charge in [-0.1, -0.05) is 36.4 Å². The zero-order valence-corrected chi connectivity index (χ0v) is 19.7. The van der Waals surface area contributed by atoms with Crippen molar-refractivity contribution in [2.24, 2.45) is 0 Å². The van der Waals surface area contributed by atoms with E-state index in [2.05, 4.69) is 53.4 Å². The quantitative estimate of drug-likeness (QED) is 0.443. The van der Waals surface area contributed by atoms with Gasteiger partial charge in [-0.3, -0.25) is 4.79 Å². The van der Waals surface area contributed by atoms with Crippen molar-refractivity contribution < 1.29 is 14.3 Å². The highest BCUT2D eigenvalue weighted by molar-refractivity contribution is 7.98. The van der Waals surface area contributed by atoms with E-state index in [1.54, 1.807) is 0 Å². The second kappa shape index (κ2) is 9.25. The Morgan fingerprint density at radius 2 is 1.87 bits per heavy atom. The molecule has 0 aromatic heterocycles. The number of benzene rings is 2. The Bertz CT molecular complexity index is 899. The van der Waals surface area contributed by atoms with Gasteiger partial charge in [-0.25, -0.2) is 0 Å². The van der Waals surface area contributed by atoms with Crippen LogP contribution in [0.2, 0.25) is 0 Å². The summed E-state index contributed by atoms with van der Waals surface area (Å²) in [6.45, 7) is 9.28. The number of nitrogens with zero attached hydrogens (tertiary/aromatic N) is 1. The molecule has 0 radical (unpaired) electrons. The minimum atomic E-state index is -0.411. The number of carbonyl (C=O) groups is 1. The lowest BCUT2D eigenvalue weighted by Gasteiger charge is -2.38. The van der Waals surface area contributed by atoms with Gasteiger partial charge in [0.15, 0.2) is 0 Å². The van der Waals surface area contributed by atoms with Gasteiger partial charge in [0.25, 0.3) is 0 Å². The van der Waals surface area contributed by atoms with E-state index in [1.807, 2.05) is 32.5 Å². The number of hydrogen-bond acceptors (Lipinski definition) is 5. The maximum absolute atomic E-state index is 12.0. The molecule has 0 bridgehead atoms. The van der Waals surface area contributed by atoms with Crippen LogP contribution >= 0.6 is 11.8 Å². The Morgan fingerprint density at radius 3 is 2.58 bits per heavy atom. The van der Waals surface area contributed by atoms with Crippen LogP contribution in [-0.2, 0) is 20.7 Å². The number of thioether (sulfide) groups is 1. The monoisotopic (exact) mass is 439 g/mol. The van der Waals surface area contributed by atoms with Crippen LogP contribution in [0.1, 0.15) is 51.2 Å². The fraction of sp³-hybridized carbons (Fsp3) is 0.500. The highest BCUT2D eigenvalue weighted by Crippen LogP contribution is 2.46. The number of rotatable bonds is 6. The molecule has 0 amide bonds. The van der Waals surface area contributed by atoms with Crippen molar-refractivity contribution >= 4 is 17.7 Å². The molecule has 1 fully saturated rings. The Balaban J connectivity index is 1.31. The normalized spacial score (nSPS) is 17.9. The van der Waals surface area contributed by atoms with Gasteiger partial charge >= 0.3 is 5.97 Å². The maximum Gasteiger partial charge on any atom is 0.307 e. The molecule has 4 rings (SSSR count). The van der Waals surface area contributed by atoms with E-state index in [4.69, 9.17) is 9.47 Å². The summed E-state index contributed by atoms with van der Waals surface area (Å²) in [6.07, 6.45) is 2.61. The molecule has 4 nitrogen and oxygen atoms in total. The van der Waals surface area contributed by atoms with Gasteiger partial charge in [0.05, 0.1) is 13.0 Å². The molecule has 0 N–H and O–H groups in total. The first kappa shape index (κ1) is 22.2. The Labute approximate surface area is 190 Å². The van der Waals surface area contributed by atoms with Gasteiger partial charge < -0.3 is 14.4 Å². The van der Waals surface area contributed by atoms with Crippen LogP contribution in [0.15, 0.2) is 53.4 Å². The van der Waals surface area contributed by atoms with Gasteiger partial charge in [0.1, 0.15) is 11.4 Å². The molecule has 0 saturated carbocycles. The summed E-state index contributed by atoms with van der Waals surface area (Å²) in [6, 6.07) is 17.3. The zero-order valence-electron chi connectivity index (χ0n) is 18.9. The summed E-state index contributed by atoms with van der Waals surface area (Å²) in [7, 11) is 0. The van der Waals surface area contributed by atoms with E-state index in [-0.39, 0.29) is 11.4 Å². The predicted octanol–water partition coefficient (Wildman–Crippen LogP) is 5.44. The number of ether oxygens (including phenoxy) is 2. The zero-order chi connectivity index (χ0) is 21.9. The molecule has 166 valence electrons. The number of piperidine rings is 1. The van der Waals surface area contributed by atoms with Gasteiger partial charge in [0, 0.05) is 28.2 Å². The van der Waals surface area contributed by atoms with E-state index >= 15 is 0 Å². The second-order valence-electron chi connectivity index (χ2n) is 9.68. The van der Waals surface area contributed by atoms with Crippen LogP contribution in [0.5, 0.6) is 5.75 Å². The van der Waals surface area contributed by atoms with Crippen molar-refractivity contribution in [3.05, 3.63) is 59.7 Å². The first-order valence-corrected chi connectivity index (χ1v) is 12.2. The molecule has 31 heavy (non-hydrogen) atoms. The minimum absolute atomic E-state index is 0.108. The first-order valence-electron chi connectivity index (χ1n) is 11.2. The number of esters is 1. The average molecular weight is 440 g/mol. The largest absolute Gasteiger partial charge is 0.492 e. The van der Waals surface area contributed by atoms with Crippen molar-refractivity contribution in [1.29, 1.82) is 0 Å². The lowest BCUT2D eigenvalue weighted by Crippen LogP contribution is -2.44. The molecule has 2 aliphatic rings. The summed E-state index contributed by atoms with van der Waals surface area (Å²) in [4.78, 5) is 15.7. The van der Waals surface area contributed by atoms with Crippen LogP contribution < -0.4 is 4.74 Å². The molecule has 2 heterocycles. The summed E-state index contributed by atoms with van der Waals surface area (Å²) >= 11 is 1.86. The van der Waals surface area contributed by atoms with Crippen molar-refractivity contribution in [3.63, 3.8) is 0 Å². The summed E-state index contributed by atoms with van der Waals surface area (Å²) in [5.41, 5.74) is 2.42. The maximum atomic E-state index is 12.0. The molecule has 2 aromatic carbocycles. The smallest absolute Gasteiger partial charge is 0.307 e. The third kappa shape index (κ3) is 5.64. The lowest BCUT2D eigenvalue weighted by atomic mass is 9.74. The Kier molecular flexibility index (Phi) is 6.63. The molecule has 2 aromatic rings. The molecular weight excluding hydrogens is 406 g/mol. The minimum Gasteiger partial charge on any atom is -0.492 e. The van der Waals surface area contributed by atoms with Crippen molar-refractivity contribution in [3.8, 4) is 5.75 Å². The number of fused-ring (bicyclic) bond motifs is 2. The van der Waals surface area contributed by atoms with Gasteiger partial charge in [-0.2, -0.15) is 0 Å². The Hall–Kier alpha value is -1.98. The summed E-state index contributed by atoms with van der Waals surface area (Å²) in [5.74, 6) is 1.92. The highest BCUT2D eigenvalue weighted by Gasteiger charge is 2.43. The topological polar surface area (TPSA) is 38.8 Å². The fourth-order valence-corrected chi connectivity index (χ4v) is 5.33. The van der Waals surface area contributed by atoms with E-state index in [1.165, 1.54) is 16.0 Å².